The van der Waals surface area contributed by atoms with Crippen molar-refractivity contribution in [1.29, 1.82) is 0 Å². The van der Waals surface area contributed by atoms with E-state index in [1.165, 1.54) is 0 Å². The zero-order chi connectivity index (χ0) is 35.6. The normalized spacial score (nSPS) is 38.6. The molecule has 3 heterocycles. The summed E-state index contributed by atoms with van der Waals surface area (Å²) in [6.45, 7) is 15.5. The van der Waals surface area contributed by atoms with Gasteiger partial charge in [0, 0.05) is 12.8 Å². The van der Waals surface area contributed by atoms with E-state index in [-0.39, 0.29) is 36.5 Å². The Hall–Kier alpha value is -1.09. The molecule has 278 valence electrons. The van der Waals surface area contributed by atoms with E-state index in [0.717, 1.165) is 25.9 Å². The first kappa shape index (κ1) is 42.1. The first-order valence-corrected chi connectivity index (χ1v) is 16.7. The number of hydrogen-bond donors (Lipinski definition) is 8. The van der Waals surface area contributed by atoms with Crippen LogP contribution in [-0.4, -0.2) is 160 Å². The SMILES string of the molecule is CCN(CC)CC(=O)OC(CC1CC(C(C)C)OC(C)O1)C(C)C.N[C@@H]1[C@@H](O)[C@H](O[C@@H]2O[C@H](CO)[C@@H](O)[C@H](O)[C@H]2N)[C@@H](CO)O[C@H]1O. The second kappa shape index (κ2) is 19.9. The monoisotopic (exact) mass is 683 g/mol. The number of carbonyl (C=O) groups excluding carboxylic acids is 1. The maximum atomic E-state index is 12.2. The molecule has 0 aromatic heterocycles. The van der Waals surface area contributed by atoms with Crippen molar-refractivity contribution in [1.82, 2.24) is 4.90 Å². The van der Waals surface area contributed by atoms with Crippen LogP contribution in [0, 0.1) is 11.8 Å². The van der Waals surface area contributed by atoms with Gasteiger partial charge >= 0.3 is 5.97 Å². The molecule has 3 aliphatic rings. The topological polar surface area (TPSA) is 249 Å². The first-order chi connectivity index (χ1) is 22.1. The second-order valence-corrected chi connectivity index (χ2v) is 13.1. The highest BCUT2D eigenvalue weighted by Gasteiger charge is 2.49. The van der Waals surface area contributed by atoms with E-state index < -0.39 is 74.5 Å². The van der Waals surface area contributed by atoms with Crippen molar-refractivity contribution in [2.45, 2.75) is 147 Å². The van der Waals surface area contributed by atoms with Crippen LogP contribution < -0.4 is 11.5 Å². The summed E-state index contributed by atoms with van der Waals surface area (Å²) in [5.74, 6) is 0.587. The Kier molecular flexibility index (Phi) is 17.8. The average molecular weight is 684 g/mol. The number of aliphatic hydroxyl groups excluding tert-OH is 6. The maximum Gasteiger partial charge on any atom is 0.320 e. The molecule has 0 saturated carbocycles. The fourth-order valence-electron chi connectivity index (χ4n) is 5.70. The van der Waals surface area contributed by atoms with Crippen LogP contribution in [0.2, 0.25) is 0 Å². The number of aliphatic hydroxyl groups is 6. The van der Waals surface area contributed by atoms with Gasteiger partial charge in [-0.1, -0.05) is 41.5 Å². The molecule has 3 rings (SSSR count). The first-order valence-electron chi connectivity index (χ1n) is 16.7. The third-order valence-electron chi connectivity index (χ3n) is 8.90. The van der Waals surface area contributed by atoms with Gasteiger partial charge < -0.3 is 70.5 Å². The van der Waals surface area contributed by atoms with Gasteiger partial charge in [0.05, 0.1) is 44.1 Å². The molecule has 3 aliphatic heterocycles. The number of likely N-dealkylation sites (N-methyl/N-ethyl adjacent to an activating group) is 1. The molecule has 0 aromatic carbocycles. The van der Waals surface area contributed by atoms with E-state index in [4.69, 9.17) is 45.0 Å². The van der Waals surface area contributed by atoms with Crippen LogP contribution in [0.15, 0.2) is 0 Å². The Bertz CT molecular complexity index is 897. The van der Waals surface area contributed by atoms with Gasteiger partial charge in [-0.05, 0) is 31.8 Å². The zero-order valence-corrected chi connectivity index (χ0v) is 28.8. The van der Waals surface area contributed by atoms with Gasteiger partial charge in [-0.3, -0.25) is 9.69 Å². The Balaban J connectivity index is 0.000000327. The fourth-order valence-corrected chi connectivity index (χ4v) is 5.70. The van der Waals surface area contributed by atoms with Gasteiger partial charge in [0.15, 0.2) is 18.9 Å². The summed E-state index contributed by atoms with van der Waals surface area (Å²) in [6.07, 6.45) is -8.89. The molecular weight excluding hydrogens is 622 g/mol. The van der Waals surface area contributed by atoms with Crippen LogP contribution in [0.1, 0.15) is 61.3 Å². The lowest BCUT2D eigenvalue weighted by Gasteiger charge is -2.45. The van der Waals surface area contributed by atoms with E-state index in [9.17, 15) is 30.3 Å². The smallest absolute Gasteiger partial charge is 0.320 e. The van der Waals surface area contributed by atoms with E-state index in [0.29, 0.717) is 12.5 Å². The molecule has 47 heavy (non-hydrogen) atoms. The standard InChI is InChI=1S/C19H37NO4.C12H24N2O9/c1-8-20(9-2)12-19(21)24-18(14(5)6)11-16-10-17(13(3)4)23-15(7)22-16;13-5-9(19)10(4(2-16)21-11(5)20)23-12-6(14)8(18)7(17)3(1-15)22-12/h13-18H,8-12H2,1-7H3;3-12,15-20H,1-2,13-14H2/t;3-,4-,5-,6-,7-,8-,9-,10-,11-,12+/m.1/s1. The third-order valence-corrected chi connectivity index (χ3v) is 8.90. The van der Waals surface area contributed by atoms with Crippen molar-refractivity contribution in [2.24, 2.45) is 23.3 Å². The van der Waals surface area contributed by atoms with Crippen LogP contribution >= 0.6 is 0 Å². The van der Waals surface area contributed by atoms with Crippen LogP contribution in [0.25, 0.3) is 0 Å². The lowest BCUT2D eigenvalue weighted by Crippen LogP contribution is -2.67. The summed E-state index contributed by atoms with van der Waals surface area (Å²) in [5.41, 5.74) is 11.3. The molecule has 0 aromatic rings. The van der Waals surface area contributed by atoms with Gasteiger partial charge in [-0.2, -0.15) is 0 Å². The molecule has 16 heteroatoms. The molecule has 0 amide bonds. The second-order valence-electron chi connectivity index (χ2n) is 13.1. The molecule has 16 nitrogen and oxygen atoms in total. The number of hydrogen-bond acceptors (Lipinski definition) is 16. The van der Waals surface area contributed by atoms with Crippen molar-refractivity contribution in [2.75, 3.05) is 32.8 Å². The van der Waals surface area contributed by atoms with E-state index in [1.54, 1.807) is 0 Å². The van der Waals surface area contributed by atoms with Crippen molar-refractivity contribution in [3.63, 3.8) is 0 Å². The quantitative estimate of drug-likeness (QED) is 0.0978. The number of rotatable bonds is 13. The molecule has 0 aliphatic carbocycles. The van der Waals surface area contributed by atoms with Crippen molar-refractivity contribution < 1.29 is 63.9 Å². The molecule has 3 fully saturated rings. The Morgan fingerprint density at radius 1 is 0.872 bits per heavy atom. The number of esters is 1. The summed E-state index contributed by atoms with van der Waals surface area (Å²) in [4.78, 5) is 14.3. The molecule has 3 saturated heterocycles. The number of carbonyl (C=O) groups is 1. The molecular formula is C31H61N3O13. The van der Waals surface area contributed by atoms with E-state index in [2.05, 4.69) is 46.4 Å². The van der Waals surface area contributed by atoms with Gasteiger partial charge in [-0.25, -0.2) is 0 Å². The van der Waals surface area contributed by atoms with Gasteiger partial charge in [0.2, 0.25) is 0 Å². The largest absolute Gasteiger partial charge is 0.461 e. The summed E-state index contributed by atoms with van der Waals surface area (Å²) in [7, 11) is 0. The number of nitrogens with two attached hydrogens (primary N) is 2. The van der Waals surface area contributed by atoms with Gasteiger partial charge in [-0.15, -0.1) is 0 Å². The summed E-state index contributed by atoms with van der Waals surface area (Å²) in [5, 5.41) is 57.7. The van der Waals surface area contributed by atoms with Crippen molar-refractivity contribution in [3.8, 4) is 0 Å². The predicted molar refractivity (Wildman–Crippen MR) is 168 cm³/mol. The molecule has 0 bridgehead atoms. The highest BCUT2D eigenvalue weighted by molar-refractivity contribution is 5.71. The Labute approximate surface area is 278 Å². The third kappa shape index (κ3) is 12.0. The molecule has 0 spiro atoms. The maximum absolute atomic E-state index is 12.2. The van der Waals surface area contributed by atoms with Crippen LogP contribution in [-0.2, 0) is 33.2 Å². The summed E-state index contributed by atoms with van der Waals surface area (Å²) in [6, 6.07) is -2.37. The predicted octanol–water partition coefficient (Wildman–Crippen LogP) is -2.00. The minimum atomic E-state index is -1.49. The number of nitrogens with zero attached hydrogens (tertiary/aromatic N) is 1. The highest BCUT2D eigenvalue weighted by atomic mass is 16.7. The minimum absolute atomic E-state index is 0.0785. The minimum Gasteiger partial charge on any atom is -0.461 e. The van der Waals surface area contributed by atoms with E-state index in [1.807, 2.05) is 6.92 Å². The highest BCUT2D eigenvalue weighted by Crippen LogP contribution is 2.29. The molecule has 0 radical (unpaired) electrons. The lowest BCUT2D eigenvalue weighted by atomic mass is 9.93. The Morgan fingerprint density at radius 2 is 1.49 bits per heavy atom. The lowest BCUT2D eigenvalue weighted by molar-refractivity contribution is -0.324. The molecule has 10 N–H and O–H groups in total. The number of ether oxygens (including phenoxy) is 6. The van der Waals surface area contributed by atoms with Crippen LogP contribution in [0.5, 0.6) is 0 Å². The van der Waals surface area contributed by atoms with E-state index >= 15 is 0 Å². The fraction of sp³-hybridized carbons (Fsp3) is 0.968. The Morgan fingerprint density at radius 3 is 2.02 bits per heavy atom. The zero-order valence-electron chi connectivity index (χ0n) is 28.8. The van der Waals surface area contributed by atoms with Crippen LogP contribution in [0.3, 0.4) is 0 Å². The van der Waals surface area contributed by atoms with Crippen molar-refractivity contribution in [3.05, 3.63) is 0 Å². The van der Waals surface area contributed by atoms with Gasteiger partial charge in [0.1, 0.15) is 42.7 Å². The van der Waals surface area contributed by atoms with Crippen molar-refractivity contribution >= 4 is 5.97 Å². The van der Waals surface area contributed by atoms with Gasteiger partial charge in [0.25, 0.3) is 0 Å². The summed E-state index contributed by atoms with van der Waals surface area (Å²) < 4.78 is 33.4. The molecule has 14 atom stereocenters. The van der Waals surface area contributed by atoms with Crippen LogP contribution in [0.4, 0.5) is 0 Å². The average Bonchev–Trinajstić information content (AvgIpc) is 3.03. The molecule has 4 unspecified atom stereocenters. The summed E-state index contributed by atoms with van der Waals surface area (Å²) >= 11 is 0.